The van der Waals surface area contributed by atoms with Crippen LogP contribution in [-0.2, 0) is 49.4 Å². The zero-order chi connectivity index (χ0) is 27.8. The number of benzene rings is 1. The second-order valence-electron chi connectivity index (χ2n) is 12.8. The Hall–Kier alpha value is -2.57. The minimum atomic E-state index is -2.25. The fourth-order valence-corrected chi connectivity index (χ4v) is 9.15. The molecular formula is C28H32O11. The van der Waals surface area contributed by atoms with Crippen LogP contribution >= 0.6 is 0 Å². The van der Waals surface area contributed by atoms with Gasteiger partial charge in [-0.15, -0.1) is 0 Å². The highest BCUT2D eigenvalue weighted by atomic mass is 16.8. The molecule has 0 amide bonds. The van der Waals surface area contributed by atoms with Gasteiger partial charge in [0.05, 0.1) is 23.4 Å². The van der Waals surface area contributed by atoms with E-state index >= 15 is 0 Å². The summed E-state index contributed by atoms with van der Waals surface area (Å²) < 4.78 is 35.4. The molecular weight excluding hydrogens is 512 g/mol. The van der Waals surface area contributed by atoms with Gasteiger partial charge in [-0.05, 0) is 30.2 Å². The minimum absolute atomic E-state index is 0.232. The van der Waals surface area contributed by atoms with E-state index in [-0.39, 0.29) is 19.8 Å². The molecule has 0 bridgehead atoms. The van der Waals surface area contributed by atoms with Crippen molar-refractivity contribution in [3.05, 3.63) is 35.9 Å². The lowest BCUT2D eigenvalue weighted by Gasteiger charge is -2.48. The summed E-state index contributed by atoms with van der Waals surface area (Å²) in [6.07, 6.45) is -6.39. The molecule has 6 aliphatic rings. The maximum atomic E-state index is 13.8. The van der Waals surface area contributed by atoms with Gasteiger partial charge < -0.3 is 38.6 Å². The molecule has 2 unspecified atom stereocenters. The van der Waals surface area contributed by atoms with E-state index in [1.165, 1.54) is 6.92 Å². The van der Waals surface area contributed by atoms with Crippen LogP contribution in [0.25, 0.3) is 0 Å². The van der Waals surface area contributed by atoms with Crippen LogP contribution in [-0.4, -0.2) is 76.8 Å². The molecule has 2 saturated carbocycles. The van der Waals surface area contributed by atoms with Gasteiger partial charge in [-0.2, -0.15) is 0 Å². The molecule has 210 valence electrons. The zero-order valence-electron chi connectivity index (χ0n) is 22.1. The average molecular weight is 545 g/mol. The Bertz CT molecular complexity index is 1260. The van der Waals surface area contributed by atoms with Crippen molar-refractivity contribution in [2.45, 2.75) is 82.6 Å². The van der Waals surface area contributed by atoms with Crippen molar-refractivity contribution in [2.24, 2.45) is 28.1 Å². The quantitative estimate of drug-likeness (QED) is 0.235. The van der Waals surface area contributed by atoms with Crippen LogP contribution in [0.2, 0.25) is 0 Å². The number of esters is 3. The maximum Gasteiger partial charge on any atom is 0.343 e. The summed E-state index contributed by atoms with van der Waals surface area (Å²) in [5.41, 5.74) is -7.20. The second kappa shape index (κ2) is 7.58. The summed E-state index contributed by atoms with van der Waals surface area (Å²) in [5.74, 6) is -4.03. The first kappa shape index (κ1) is 25.4. The Kier molecular flexibility index (Phi) is 4.94. The van der Waals surface area contributed by atoms with Crippen molar-refractivity contribution in [1.82, 2.24) is 0 Å². The lowest BCUT2D eigenvalue weighted by atomic mass is 9.51. The average Bonchev–Trinajstić information content (AvgIpc) is 3.60. The van der Waals surface area contributed by atoms with E-state index in [1.54, 1.807) is 0 Å². The fraction of sp³-hybridized carbons (Fsp3) is 0.679. The van der Waals surface area contributed by atoms with Crippen molar-refractivity contribution < 1.29 is 53.0 Å². The Labute approximate surface area is 224 Å². The third kappa shape index (κ3) is 2.48. The first-order valence-electron chi connectivity index (χ1n) is 13.3. The summed E-state index contributed by atoms with van der Waals surface area (Å²) in [6.45, 7) is 7.32. The van der Waals surface area contributed by atoms with Gasteiger partial charge in [0, 0.05) is 0 Å². The van der Waals surface area contributed by atoms with Crippen molar-refractivity contribution in [2.75, 3.05) is 6.79 Å². The molecule has 2 spiro atoms. The molecule has 6 fully saturated rings. The topological polar surface area (TPSA) is 147 Å². The summed E-state index contributed by atoms with van der Waals surface area (Å²) in [7, 11) is 0. The number of rotatable bonds is 5. The van der Waals surface area contributed by atoms with E-state index in [9.17, 15) is 24.6 Å². The molecule has 2 N–H and O–H groups in total. The first-order valence-corrected chi connectivity index (χ1v) is 13.3. The highest BCUT2D eigenvalue weighted by molar-refractivity contribution is 5.94. The van der Waals surface area contributed by atoms with Crippen LogP contribution in [0.3, 0.4) is 0 Å². The van der Waals surface area contributed by atoms with Gasteiger partial charge in [0.2, 0.25) is 11.9 Å². The number of hydrogen-bond donors (Lipinski definition) is 2. The summed E-state index contributed by atoms with van der Waals surface area (Å²) in [4.78, 5) is 39.9. The molecule has 7 rings (SSSR count). The van der Waals surface area contributed by atoms with Crippen molar-refractivity contribution in [1.29, 1.82) is 0 Å². The predicted molar refractivity (Wildman–Crippen MR) is 127 cm³/mol. The number of hydrogen-bond acceptors (Lipinski definition) is 11. The third-order valence-electron chi connectivity index (χ3n) is 10.4. The van der Waals surface area contributed by atoms with E-state index < -0.39 is 87.9 Å². The van der Waals surface area contributed by atoms with E-state index in [0.29, 0.717) is 0 Å². The van der Waals surface area contributed by atoms with Gasteiger partial charge in [-0.1, -0.05) is 51.1 Å². The van der Waals surface area contributed by atoms with Crippen LogP contribution < -0.4 is 0 Å². The summed E-state index contributed by atoms with van der Waals surface area (Å²) in [6, 6.07) is 9.44. The fourth-order valence-electron chi connectivity index (χ4n) is 9.15. The molecule has 4 heterocycles. The molecule has 1 aromatic carbocycles. The molecule has 4 saturated heterocycles. The highest BCUT2D eigenvalue weighted by Gasteiger charge is 3.04. The van der Waals surface area contributed by atoms with E-state index in [2.05, 4.69) is 0 Å². The van der Waals surface area contributed by atoms with E-state index in [4.69, 9.17) is 28.4 Å². The molecule has 39 heavy (non-hydrogen) atoms. The number of carbonyl (C=O) groups excluding carboxylic acids is 3. The Balaban J connectivity index is 1.36. The van der Waals surface area contributed by atoms with Crippen LogP contribution in [0, 0.1) is 28.1 Å². The monoisotopic (exact) mass is 544 g/mol. The summed E-state index contributed by atoms with van der Waals surface area (Å²) in [5, 5.41) is 24.3. The van der Waals surface area contributed by atoms with Crippen molar-refractivity contribution >= 4 is 17.9 Å². The molecule has 2 aliphatic carbocycles. The molecule has 11 nitrogen and oxygen atoms in total. The molecule has 11 atom stereocenters. The van der Waals surface area contributed by atoms with Crippen LogP contribution in [0.1, 0.15) is 39.7 Å². The van der Waals surface area contributed by atoms with E-state index in [1.807, 2.05) is 51.1 Å². The largest absolute Gasteiger partial charge is 0.459 e. The smallest absolute Gasteiger partial charge is 0.343 e. The van der Waals surface area contributed by atoms with Crippen LogP contribution in [0.4, 0.5) is 0 Å². The number of carbonyl (C=O) groups is 3. The molecule has 0 radical (unpaired) electrons. The normalized spacial score (nSPS) is 48.9. The van der Waals surface area contributed by atoms with Gasteiger partial charge in [-0.3, -0.25) is 4.79 Å². The molecule has 4 aliphatic heterocycles. The third-order valence-corrected chi connectivity index (χ3v) is 10.4. The molecule has 1 aromatic rings. The van der Waals surface area contributed by atoms with Crippen LogP contribution in [0.15, 0.2) is 30.3 Å². The molecule has 11 heteroatoms. The molecule has 0 aromatic heterocycles. The van der Waals surface area contributed by atoms with Gasteiger partial charge in [-0.25, -0.2) is 9.59 Å². The van der Waals surface area contributed by atoms with Gasteiger partial charge >= 0.3 is 17.9 Å². The summed E-state index contributed by atoms with van der Waals surface area (Å²) >= 11 is 0. The standard InChI is InChI=1S/C28H32O11/c1-13-20(30)37-18-17(29)26-16-10-15(24(2,3)4)25(26)19(35-12-34-11-14-8-6-5-7-9-14)21(31)38-23(25)39-28(26,22(32)36-16)27(13,18)33/h5-9,13,15-19,23,29,33H,10-12H2,1-4H3/t13?,15-,16+,17-,18-,19-,23-,25-,26?,27+,28+/m0/s1. The number of fused-ring (bicyclic) bond motifs is 1. The van der Waals surface area contributed by atoms with Crippen LogP contribution in [0.5, 0.6) is 0 Å². The predicted octanol–water partition coefficient (Wildman–Crippen LogP) is 0.829. The first-order chi connectivity index (χ1) is 18.4. The lowest BCUT2D eigenvalue weighted by molar-refractivity contribution is -0.240. The lowest BCUT2D eigenvalue weighted by Crippen LogP contribution is -2.67. The van der Waals surface area contributed by atoms with Gasteiger partial charge in [0.15, 0.2) is 17.8 Å². The van der Waals surface area contributed by atoms with E-state index in [0.717, 1.165) is 5.56 Å². The zero-order valence-corrected chi connectivity index (χ0v) is 22.1. The van der Waals surface area contributed by atoms with Crippen molar-refractivity contribution in [3.63, 3.8) is 0 Å². The Morgan fingerprint density at radius 2 is 1.77 bits per heavy atom. The second-order valence-corrected chi connectivity index (χ2v) is 12.8. The number of ether oxygens (including phenoxy) is 6. The highest BCUT2D eigenvalue weighted by Crippen LogP contribution is 2.84. The maximum absolute atomic E-state index is 13.8. The van der Waals surface area contributed by atoms with Gasteiger partial charge in [0.1, 0.15) is 19.0 Å². The Morgan fingerprint density at radius 3 is 2.46 bits per heavy atom. The number of aliphatic hydroxyl groups excluding tert-OH is 1. The minimum Gasteiger partial charge on any atom is -0.459 e. The number of aliphatic hydroxyl groups is 2. The van der Waals surface area contributed by atoms with Crippen molar-refractivity contribution in [3.8, 4) is 0 Å². The van der Waals surface area contributed by atoms with Gasteiger partial charge in [0.25, 0.3) is 0 Å². The SMILES string of the molecule is CC1C(=O)O[C@H]2[C@H](O)C34[C@H]5C[C@@H](C(C)(C)C)[C@]36[C@@H](OC(=O)[C@@H]6OCOCc3ccccc3)O[C@@]4(C(=O)O5)[C@@]12O. The Morgan fingerprint density at radius 1 is 1.05 bits per heavy atom.